The van der Waals surface area contributed by atoms with Gasteiger partial charge in [0.15, 0.2) is 11.9 Å². The Labute approximate surface area is 226 Å². The molecule has 0 spiro atoms. The zero-order chi connectivity index (χ0) is 29.2. The summed E-state index contributed by atoms with van der Waals surface area (Å²) in [6.07, 6.45) is -12.3. The van der Waals surface area contributed by atoms with Gasteiger partial charge in [-0.15, -0.1) is 0 Å². The summed E-state index contributed by atoms with van der Waals surface area (Å²) < 4.78 is 80.9. The number of nitrogens with zero attached hydrogens (tertiary/aromatic N) is 1. The second kappa shape index (κ2) is 11.4. The number of halogens is 6. The molecule has 40 heavy (non-hydrogen) atoms. The largest absolute Gasteiger partial charge is 0.416 e. The van der Waals surface area contributed by atoms with Gasteiger partial charge in [-0.25, -0.2) is 0 Å². The number of ketones is 1. The minimum absolute atomic E-state index is 0.00845. The van der Waals surface area contributed by atoms with Crippen molar-refractivity contribution in [3.05, 3.63) is 70.8 Å². The number of hydrogen-bond acceptors (Lipinski definition) is 4. The molecule has 0 radical (unpaired) electrons. The van der Waals surface area contributed by atoms with Gasteiger partial charge in [0, 0.05) is 35.8 Å². The van der Waals surface area contributed by atoms with Gasteiger partial charge in [0.05, 0.1) is 11.3 Å². The maximum Gasteiger partial charge on any atom is 0.416 e. The van der Waals surface area contributed by atoms with Gasteiger partial charge in [0.25, 0.3) is 0 Å². The van der Waals surface area contributed by atoms with Crippen LogP contribution in [0.15, 0.2) is 53.5 Å². The molecule has 3 N–H and O–H groups in total. The van der Waals surface area contributed by atoms with Crippen molar-refractivity contribution in [3.63, 3.8) is 0 Å². The van der Waals surface area contributed by atoms with E-state index in [1.165, 1.54) is 12.1 Å². The van der Waals surface area contributed by atoms with E-state index in [1.54, 1.807) is 30.3 Å². The number of fused-ring (bicyclic) bond motifs is 1. The maximum atomic E-state index is 13.9. The van der Waals surface area contributed by atoms with E-state index in [-0.39, 0.29) is 29.2 Å². The summed E-state index contributed by atoms with van der Waals surface area (Å²) in [5.74, 6) is -5.51. The highest BCUT2D eigenvalue weighted by Crippen LogP contribution is 2.40. The maximum absolute atomic E-state index is 13.9. The van der Waals surface area contributed by atoms with Crippen molar-refractivity contribution in [1.82, 2.24) is 5.32 Å². The van der Waals surface area contributed by atoms with Crippen LogP contribution in [-0.4, -0.2) is 35.7 Å². The molecule has 2 aromatic carbocycles. The van der Waals surface area contributed by atoms with Crippen LogP contribution < -0.4 is 11.1 Å². The first kappa shape index (κ1) is 29.3. The number of rotatable bonds is 9. The average molecular weight is 568 g/mol. The van der Waals surface area contributed by atoms with Gasteiger partial charge in [-0.1, -0.05) is 55.3 Å². The van der Waals surface area contributed by atoms with E-state index in [4.69, 9.17) is 5.73 Å². The fourth-order valence-corrected chi connectivity index (χ4v) is 5.01. The molecule has 12 heteroatoms. The highest BCUT2D eigenvalue weighted by molar-refractivity contribution is 6.16. The van der Waals surface area contributed by atoms with Gasteiger partial charge < -0.3 is 11.1 Å². The second-order valence-corrected chi connectivity index (χ2v) is 10.2. The van der Waals surface area contributed by atoms with Crippen LogP contribution in [0.3, 0.4) is 0 Å². The van der Waals surface area contributed by atoms with Crippen LogP contribution >= 0.6 is 0 Å². The van der Waals surface area contributed by atoms with Crippen LogP contribution in [0.4, 0.5) is 26.3 Å². The molecule has 2 aliphatic rings. The molecule has 2 aromatic rings. The molecule has 0 saturated heterocycles. The lowest BCUT2D eigenvalue weighted by Gasteiger charge is -2.26. The molecule has 4 rings (SSSR count). The number of carbonyl (C=O) groups is 3. The predicted octanol–water partition coefficient (Wildman–Crippen LogP) is 4.97. The van der Waals surface area contributed by atoms with Crippen molar-refractivity contribution in [2.45, 2.75) is 57.0 Å². The molecule has 0 aromatic heterocycles. The number of hydrogen-bond donors (Lipinski definition) is 2. The summed E-state index contributed by atoms with van der Waals surface area (Å²) in [6.45, 7) is 0. The van der Waals surface area contributed by atoms with Gasteiger partial charge in [-0.05, 0) is 30.4 Å². The smallest absolute Gasteiger partial charge is 0.369 e. The first-order chi connectivity index (χ1) is 18.7. The molecule has 3 atom stereocenters. The Morgan fingerprint density at radius 3 is 2.23 bits per heavy atom. The molecule has 1 saturated carbocycles. The quantitative estimate of drug-likeness (QED) is 0.419. The van der Waals surface area contributed by atoms with Crippen molar-refractivity contribution in [2.75, 3.05) is 0 Å². The lowest BCUT2D eigenvalue weighted by Crippen LogP contribution is -2.47. The normalized spacial score (nSPS) is 19.2. The number of alkyl halides is 6. The monoisotopic (exact) mass is 567 g/mol. The van der Waals surface area contributed by atoms with E-state index >= 15 is 0 Å². The Morgan fingerprint density at radius 2 is 1.65 bits per heavy atom. The zero-order valence-corrected chi connectivity index (χ0v) is 21.2. The first-order valence-corrected chi connectivity index (χ1v) is 12.8. The summed E-state index contributed by atoms with van der Waals surface area (Å²) in [5, 5.41) is 2.33. The van der Waals surface area contributed by atoms with Crippen LogP contribution in [0.5, 0.6) is 0 Å². The average Bonchev–Trinajstić information content (AvgIpc) is 3.70. The lowest BCUT2D eigenvalue weighted by molar-refractivity contribution is -0.147. The van der Waals surface area contributed by atoms with Crippen LogP contribution in [0.2, 0.25) is 0 Å². The van der Waals surface area contributed by atoms with Crippen molar-refractivity contribution in [1.29, 1.82) is 0 Å². The number of Topliss-reactive ketones (excluding diaryl/α,β-unsaturated/α-hetero) is 1. The molecule has 1 aliphatic heterocycles. The number of carbonyl (C=O) groups excluding carboxylic acids is 3. The standard InChI is InChI=1S/C28H27F6N3O3/c29-27(30,31)12-11-18(20(24(35)39)13-15-9-10-15)26(40)37-25-22(38)14-19-17(7-4-8-21(19)28(32,33)34)23(36-25)16-5-2-1-3-6-16/h1-8,15,18,20,25H,9-14H2,(H2,35,39)(H,37,40)/t18-,20+,25-/m1/s1. The Balaban J connectivity index is 1.72. The summed E-state index contributed by atoms with van der Waals surface area (Å²) in [4.78, 5) is 43.2. The third-order valence-electron chi connectivity index (χ3n) is 7.19. The van der Waals surface area contributed by atoms with E-state index in [0.29, 0.717) is 5.56 Å². The van der Waals surface area contributed by atoms with Crippen molar-refractivity contribution in [3.8, 4) is 0 Å². The van der Waals surface area contributed by atoms with Gasteiger partial charge in [0.2, 0.25) is 11.8 Å². The van der Waals surface area contributed by atoms with Crippen LogP contribution in [0, 0.1) is 17.8 Å². The molecule has 214 valence electrons. The van der Waals surface area contributed by atoms with Gasteiger partial charge in [-0.3, -0.25) is 19.4 Å². The zero-order valence-electron chi connectivity index (χ0n) is 21.2. The summed E-state index contributed by atoms with van der Waals surface area (Å²) in [7, 11) is 0. The van der Waals surface area contributed by atoms with Crippen molar-refractivity contribution < 1.29 is 40.7 Å². The Kier molecular flexibility index (Phi) is 8.36. The van der Waals surface area contributed by atoms with E-state index < -0.39 is 72.8 Å². The molecule has 6 nitrogen and oxygen atoms in total. The number of benzene rings is 2. The molecule has 1 aliphatic carbocycles. The van der Waals surface area contributed by atoms with Crippen molar-refractivity contribution in [2.24, 2.45) is 28.5 Å². The molecule has 1 fully saturated rings. The SMILES string of the molecule is NC(=O)[C@@H](CC1CC1)[C@@H](CCC(F)(F)F)C(=O)N[C@H]1N=C(c2ccccc2)c2cccc(C(F)(F)F)c2CC1=O. The highest BCUT2D eigenvalue weighted by Gasteiger charge is 2.42. The topological polar surface area (TPSA) is 102 Å². The lowest BCUT2D eigenvalue weighted by atomic mass is 9.83. The van der Waals surface area contributed by atoms with E-state index in [1.807, 2.05) is 0 Å². The van der Waals surface area contributed by atoms with Gasteiger partial charge in [-0.2, -0.15) is 26.3 Å². The first-order valence-electron chi connectivity index (χ1n) is 12.8. The predicted molar refractivity (Wildman–Crippen MR) is 133 cm³/mol. The molecular weight excluding hydrogens is 540 g/mol. The van der Waals surface area contributed by atoms with Gasteiger partial charge >= 0.3 is 12.4 Å². The van der Waals surface area contributed by atoms with Crippen LogP contribution in [-0.2, 0) is 27.0 Å². The number of nitrogens with two attached hydrogens (primary N) is 1. The Bertz CT molecular complexity index is 1300. The van der Waals surface area contributed by atoms with Gasteiger partial charge in [0.1, 0.15) is 0 Å². The fourth-order valence-electron chi connectivity index (χ4n) is 5.01. The van der Waals surface area contributed by atoms with E-state index in [0.717, 1.165) is 18.9 Å². The van der Waals surface area contributed by atoms with Crippen LogP contribution in [0.1, 0.15) is 54.4 Å². The Hall–Kier alpha value is -3.70. The molecular formula is C28H27F6N3O3. The number of aliphatic imine (C=N–C) groups is 1. The number of amides is 2. The van der Waals surface area contributed by atoms with Crippen LogP contribution in [0.25, 0.3) is 0 Å². The minimum Gasteiger partial charge on any atom is -0.369 e. The summed E-state index contributed by atoms with van der Waals surface area (Å²) in [6, 6.07) is 11.5. The Morgan fingerprint density at radius 1 is 0.975 bits per heavy atom. The molecule has 0 bridgehead atoms. The van der Waals surface area contributed by atoms with E-state index in [9.17, 15) is 40.7 Å². The summed E-state index contributed by atoms with van der Waals surface area (Å²) in [5.41, 5.74) is 4.56. The third kappa shape index (κ3) is 7.08. The molecule has 2 amide bonds. The number of nitrogens with one attached hydrogen (secondary N) is 1. The minimum atomic E-state index is -4.78. The third-order valence-corrected chi connectivity index (χ3v) is 7.19. The highest BCUT2D eigenvalue weighted by atomic mass is 19.4. The van der Waals surface area contributed by atoms with E-state index in [2.05, 4.69) is 10.3 Å². The molecule has 1 heterocycles. The number of primary amides is 1. The summed E-state index contributed by atoms with van der Waals surface area (Å²) >= 11 is 0. The second-order valence-electron chi connectivity index (χ2n) is 10.2. The van der Waals surface area contributed by atoms with Crippen molar-refractivity contribution >= 4 is 23.3 Å². The fraction of sp³-hybridized carbons (Fsp3) is 0.429. The molecule has 0 unspecified atom stereocenters.